The van der Waals surface area contributed by atoms with Gasteiger partial charge in [-0.1, -0.05) is 262 Å². The maximum Gasteiger partial charge on any atom is 0.305 e. The summed E-state index contributed by atoms with van der Waals surface area (Å²) >= 11 is 0. The second kappa shape index (κ2) is 54.7. The summed E-state index contributed by atoms with van der Waals surface area (Å²) in [5.41, 5.74) is 0. The van der Waals surface area contributed by atoms with Gasteiger partial charge >= 0.3 is 5.97 Å². The molecule has 0 saturated carbocycles. The molecule has 0 heterocycles. The third-order valence-corrected chi connectivity index (χ3v) is 13.2. The highest BCUT2D eigenvalue weighted by atomic mass is 16.5. The highest BCUT2D eigenvalue weighted by molar-refractivity contribution is 5.76. The number of aliphatic hydroxyl groups excluding tert-OH is 2. The number of aliphatic hydroxyl groups is 2. The monoisotopic (exact) mass is 914 g/mol. The molecule has 0 aromatic carbocycles. The lowest BCUT2D eigenvalue weighted by molar-refractivity contribution is -0.143. The molecule has 0 rings (SSSR count). The van der Waals surface area contributed by atoms with E-state index in [-0.39, 0.29) is 18.5 Å². The van der Waals surface area contributed by atoms with E-state index in [0.29, 0.717) is 19.4 Å². The van der Waals surface area contributed by atoms with Crippen LogP contribution in [0.4, 0.5) is 0 Å². The first-order valence-corrected chi connectivity index (χ1v) is 28.8. The maximum atomic E-state index is 12.5. The van der Waals surface area contributed by atoms with Crippen molar-refractivity contribution in [3.8, 4) is 0 Å². The molecule has 6 heteroatoms. The number of amides is 1. The first kappa shape index (κ1) is 63.1. The first-order valence-electron chi connectivity index (χ1n) is 28.8. The second-order valence-electron chi connectivity index (χ2n) is 19.6. The number of allylic oxidation sites excluding steroid dienone is 5. The summed E-state index contributed by atoms with van der Waals surface area (Å²) in [6.07, 6.45) is 67.2. The molecular formula is C59H111NO5. The Hall–Kier alpha value is -1.92. The quantitative estimate of drug-likeness (QED) is 0.0321. The molecule has 0 aliphatic rings. The molecule has 0 radical (unpaired) electrons. The van der Waals surface area contributed by atoms with Crippen LogP contribution >= 0.6 is 0 Å². The van der Waals surface area contributed by atoms with Crippen molar-refractivity contribution in [1.29, 1.82) is 0 Å². The van der Waals surface area contributed by atoms with Gasteiger partial charge in [0.15, 0.2) is 0 Å². The van der Waals surface area contributed by atoms with Gasteiger partial charge in [-0.25, -0.2) is 0 Å². The smallest absolute Gasteiger partial charge is 0.305 e. The molecule has 382 valence electrons. The molecular weight excluding hydrogens is 803 g/mol. The number of ether oxygens (including phenoxy) is 1. The molecule has 0 aromatic heterocycles. The van der Waals surface area contributed by atoms with Crippen molar-refractivity contribution >= 4 is 11.9 Å². The summed E-state index contributed by atoms with van der Waals surface area (Å²) in [5, 5.41) is 23.1. The Morgan fingerprint density at radius 2 is 0.769 bits per heavy atom. The lowest BCUT2D eigenvalue weighted by Crippen LogP contribution is -2.45. The predicted molar refractivity (Wildman–Crippen MR) is 283 cm³/mol. The second-order valence-corrected chi connectivity index (χ2v) is 19.6. The van der Waals surface area contributed by atoms with Crippen LogP contribution < -0.4 is 5.32 Å². The molecule has 6 nitrogen and oxygen atoms in total. The van der Waals surface area contributed by atoms with Gasteiger partial charge < -0.3 is 20.3 Å². The largest absolute Gasteiger partial charge is 0.466 e. The van der Waals surface area contributed by atoms with Crippen LogP contribution in [0.2, 0.25) is 0 Å². The van der Waals surface area contributed by atoms with Gasteiger partial charge in [-0.15, -0.1) is 0 Å². The SMILES string of the molecule is CCCCCC/C=C\C/C=C\CCCCCCCC(=O)OCCCCCCCCCCCCCCCCCC(=O)NC(CO)C(O)/C=C/CCCCCCCCCCCCCCCCC. The van der Waals surface area contributed by atoms with E-state index in [1.54, 1.807) is 6.08 Å². The van der Waals surface area contributed by atoms with Gasteiger partial charge in [0, 0.05) is 12.8 Å². The molecule has 0 bridgehead atoms. The van der Waals surface area contributed by atoms with Gasteiger partial charge in [-0.2, -0.15) is 0 Å². The number of nitrogens with one attached hydrogen (secondary N) is 1. The van der Waals surface area contributed by atoms with E-state index in [4.69, 9.17) is 4.74 Å². The molecule has 0 aliphatic carbocycles. The molecule has 0 aromatic rings. The number of rotatable bonds is 53. The van der Waals surface area contributed by atoms with E-state index in [2.05, 4.69) is 43.5 Å². The van der Waals surface area contributed by atoms with Gasteiger partial charge in [-0.3, -0.25) is 9.59 Å². The van der Waals surface area contributed by atoms with Gasteiger partial charge in [0.05, 0.1) is 25.4 Å². The van der Waals surface area contributed by atoms with Crippen LogP contribution in [0.25, 0.3) is 0 Å². The zero-order valence-electron chi connectivity index (χ0n) is 43.5. The zero-order valence-corrected chi connectivity index (χ0v) is 43.5. The Morgan fingerprint density at radius 1 is 0.431 bits per heavy atom. The Kier molecular flexibility index (Phi) is 53.1. The van der Waals surface area contributed by atoms with E-state index in [0.717, 1.165) is 64.2 Å². The molecule has 65 heavy (non-hydrogen) atoms. The first-order chi connectivity index (χ1) is 32.0. The highest BCUT2D eigenvalue weighted by Gasteiger charge is 2.18. The molecule has 0 aliphatic heterocycles. The summed E-state index contributed by atoms with van der Waals surface area (Å²) in [6.45, 7) is 4.87. The van der Waals surface area contributed by atoms with Crippen molar-refractivity contribution in [2.75, 3.05) is 13.2 Å². The Bertz CT molecular complexity index is 1060. The standard InChI is InChI=1S/C59H111NO5/c1-3-5-7-9-11-13-15-17-19-21-23-27-31-35-39-43-47-51-57(62)56(55-61)60-58(63)52-48-44-40-36-32-28-24-22-26-30-34-38-42-46-50-54-65-59(64)53-49-45-41-37-33-29-25-20-18-16-14-12-10-8-6-4-2/h14,16,20,25,47,51,56-57,61-62H,3-13,15,17-19,21-24,26-46,48-50,52-55H2,1-2H3,(H,60,63)/b16-14-,25-20-,51-47+. The van der Waals surface area contributed by atoms with Crippen molar-refractivity contribution in [2.45, 2.75) is 315 Å². The fraction of sp³-hybridized carbons (Fsp3) is 0.864. The number of hydrogen-bond donors (Lipinski definition) is 3. The van der Waals surface area contributed by atoms with E-state index < -0.39 is 12.1 Å². The summed E-state index contributed by atoms with van der Waals surface area (Å²) in [6, 6.07) is -0.635. The third-order valence-electron chi connectivity index (χ3n) is 13.2. The van der Waals surface area contributed by atoms with Crippen molar-refractivity contribution in [3.05, 3.63) is 36.5 Å². The van der Waals surface area contributed by atoms with Gasteiger partial charge in [0.1, 0.15) is 0 Å². The van der Waals surface area contributed by atoms with Gasteiger partial charge in [0.2, 0.25) is 5.91 Å². The number of hydrogen-bond acceptors (Lipinski definition) is 5. The summed E-state index contributed by atoms with van der Waals surface area (Å²) in [5.74, 6) is -0.0898. The molecule has 0 fully saturated rings. The van der Waals surface area contributed by atoms with Crippen LogP contribution in [0.1, 0.15) is 303 Å². The molecule has 2 atom stereocenters. The van der Waals surface area contributed by atoms with Crippen LogP contribution in [0.5, 0.6) is 0 Å². The van der Waals surface area contributed by atoms with Crippen LogP contribution in [0, 0.1) is 0 Å². The van der Waals surface area contributed by atoms with Crippen molar-refractivity contribution in [2.24, 2.45) is 0 Å². The summed E-state index contributed by atoms with van der Waals surface area (Å²) in [4.78, 5) is 24.5. The van der Waals surface area contributed by atoms with Gasteiger partial charge in [0.25, 0.3) is 0 Å². The van der Waals surface area contributed by atoms with Crippen LogP contribution in [-0.2, 0) is 14.3 Å². The minimum absolute atomic E-state index is 0.0139. The fourth-order valence-corrected chi connectivity index (χ4v) is 8.72. The normalized spacial score (nSPS) is 12.9. The van der Waals surface area contributed by atoms with Crippen molar-refractivity contribution in [3.63, 3.8) is 0 Å². The fourth-order valence-electron chi connectivity index (χ4n) is 8.72. The van der Waals surface area contributed by atoms with Gasteiger partial charge in [-0.05, 0) is 64.2 Å². The Morgan fingerprint density at radius 3 is 1.18 bits per heavy atom. The third kappa shape index (κ3) is 51.3. The summed E-state index contributed by atoms with van der Waals surface area (Å²) < 4.78 is 5.47. The van der Waals surface area contributed by atoms with Crippen molar-refractivity contribution < 1.29 is 24.5 Å². The van der Waals surface area contributed by atoms with E-state index in [9.17, 15) is 19.8 Å². The average Bonchev–Trinajstić information content (AvgIpc) is 3.31. The number of esters is 1. The number of carbonyl (C=O) groups excluding carboxylic acids is 2. The Balaban J connectivity index is 3.47. The number of carbonyl (C=O) groups is 2. The molecule has 3 N–H and O–H groups in total. The van der Waals surface area contributed by atoms with Crippen LogP contribution in [0.3, 0.4) is 0 Å². The molecule has 0 saturated heterocycles. The van der Waals surface area contributed by atoms with Crippen molar-refractivity contribution in [1.82, 2.24) is 5.32 Å². The Labute approximate surface area is 404 Å². The molecule has 0 spiro atoms. The maximum absolute atomic E-state index is 12.5. The van der Waals surface area contributed by atoms with Crippen LogP contribution in [0.15, 0.2) is 36.5 Å². The topological polar surface area (TPSA) is 95.9 Å². The van der Waals surface area contributed by atoms with E-state index in [1.165, 1.54) is 212 Å². The predicted octanol–water partition coefficient (Wildman–Crippen LogP) is 17.6. The number of unbranched alkanes of at least 4 members (excludes halogenated alkanes) is 38. The minimum Gasteiger partial charge on any atom is -0.466 e. The molecule has 1 amide bonds. The van der Waals surface area contributed by atoms with E-state index >= 15 is 0 Å². The lowest BCUT2D eigenvalue weighted by atomic mass is 10.0. The lowest BCUT2D eigenvalue weighted by Gasteiger charge is -2.20. The zero-order chi connectivity index (χ0) is 47.2. The summed E-state index contributed by atoms with van der Waals surface area (Å²) in [7, 11) is 0. The average molecular weight is 915 g/mol. The minimum atomic E-state index is -0.851. The van der Waals surface area contributed by atoms with E-state index in [1.807, 2.05) is 6.08 Å². The van der Waals surface area contributed by atoms with Crippen LogP contribution in [-0.4, -0.2) is 47.4 Å². The highest BCUT2D eigenvalue weighted by Crippen LogP contribution is 2.16. The molecule has 2 unspecified atom stereocenters.